The Morgan fingerprint density at radius 3 is 2.58 bits per heavy atom. The van der Waals surface area contributed by atoms with Crippen LogP contribution in [0.15, 0.2) is 77.8 Å². The lowest BCUT2D eigenvalue weighted by Crippen LogP contribution is -2.43. The van der Waals surface area contributed by atoms with Crippen LogP contribution in [-0.2, 0) is 10.3 Å². The van der Waals surface area contributed by atoms with E-state index in [0.29, 0.717) is 23.3 Å². The largest absolute Gasteiger partial charge is 0.485 e. The number of aliphatic imine (C=N–C) groups is 1. The smallest absolute Gasteiger partial charge is 0.261 e. The van der Waals surface area contributed by atoms with Crippen LogP contribution in [0.25, 0.3) is 11.1 Å². The fourth-order valence-corrected chi connectivity index (χ4v) is 4.34. The summed E-state index contributed by atoms with van der Waals surface area (Å²) < 4.78 is 6.33. The molecule has 0 aromatic heterocycles. The molecule has 0 saturated carbocycles. The second kappa shape index (κ2) is 6.99. The van der Waals surface area contributed by atoms with E-state index < -0.39 is 5.54 Å². The fourth-order valence-electron chi connectivity index (χ4n) is 4.34. The van der Waals surface area contributed by atoms with E-state index in [1.165, 1.54) is 4.90 Å². The van der Waals surface area contributed by atoms with E-state index in [1.807, 2.05) is 66.7 Å². The normalized spacial score (nSPS) is 21.9. The lowest BCUT2D eigenvalue weighted by atomic mass is 9.79. The minimum atomic E-state index is -1.14. The van der Waals surface area contributed by atoms with Crippen LogP contribution in [0.5, 0.6) is 5.75 Å². The zero-order valence-electron chi connectivity index (χ0n) is 16.9. The molecule has 3 aromatic rings. The molecule has 6 nitrogen and oxygen atoms in total. The molecule has 31 heavy (non-hydrogen) atoms. The standard InChI is InChI=1S/C25H20N4O2/c1-29-23(30)25(28-24(29)27)14-22(17-7-3-2-4-8-17)31-21-11-10-19(13-20(21)25)18-9-5-6-16(12-18)15-26/h2-13,22H,14H2,1H3,(H2,27,28)/t22-,25-/m0/s1. The highest BCUT2D eigenvalue weighted by Gasteiger charge is 2.53. The molecule has 1 amide bonds. The summed E-state index contributed by atoms with van der Waals surface area (Å²) in [6.07, 6.45) is 0.0312. The number of benzene rings is 3. The third kappa shape index (κ3) is 2.94. The Kier molecular flexibility index (Phi) is 4.26. The third-order valence-corrected chi connectivity index (χ3v) is 5.98. The number of fused-ring (bicyclic) bond motifs is 2. The van der Waals surface area contributed by atoms with Crippen molar-refractivity contribution in [1.82, 2.24) is 4.90 Å². The molecule has 0 aliphatic carbocycles. The molecular weight excluding hydrogens is 388 g/mol. The van der Waals surface area contributed by atoms with E-state index in [0.717, 1.165) is 16.7 Å². The van der Waals surface area contributed by atoms with Crippen LogP contribution < -0.4 is 10.5 Å². The molecule has 0 unspecified atom stereocenters. The number of likely N-dealkylation sites (N-methyl/N-ethyl adjacent to an activating group) is 1. The van der Waals surface area contributed by atoms with Crippen molar-refractivity contribution in [3.05, 3.63) is 89.5 Å². The molecular formula is C25H20N4O2. The van der Waals surface area contributed by atoms with Gasteiger partial charge in [0.05, 0.1) is 11.6 Å². The molecule has 0 fully saturated rings. The number of ether oxygens (including phenoxy) is 1. The van der Waals surface area contributed by atoms with Gasteiger partial charge in [-0.15, -0.1) is 0 Å². The van der Waals surface area contributed by atoms with Crippen LogP contribution in [0.2, 0.25) is 0 Å². The van der Waals surface area contributed by atoms with Crippen LogP contribution in [0, 0.1) is 11.3 Å². The number of hydrogen-bond donors (Lipinski definition) is 1. The number of rotatable bonds is 2. The molecule has 6 heteroatoms. The third-order valence-electron chi connectivity index (χ3n) is 5.98. The fraction of sp³-hybridized carbons (Fsp3) is 0.160. The van der Waals surface area contributed by atoms with Crippen LogP contribution in [0.4, 0.5) is 0 Å². The van der Waals surface area contributed by atoms with E-state index in [4.69, 9.17) is 10.5 Å². The maximum absolute atomic E-state index is 13.4. The van der Waals surface area contributed by atoms with E-state index in [2.05, 4.69) is 11.1 Å². The Morgan fingerprint density at radius 2 is 1.87 bits per heavy atom. The van der Waals surface area contributed by atoms with Crippen molar-refractivity contribution in [3.63, 3.8) is 0 Å². The zero-order valence-corrected chi connectivity index (χ0v) is 16.9. The molecule has 0 radical (unpaired) electrons. The molecule has 1 spiro atoms. The quantitative estimate of drug-likeness (QED) is 0.699. The highest BCUT2D eigenvalue weighted by molar-refractivity contribution is 6.07. The Hall–Kier alpha value is -4.11. The van der Waals surface area contributed by atoms with Crippen molar-refractivity contribution in [2.24, 2.45) is 10.7 Å². The minimum Gasteiger partial charge on any atom is -0.485 e. The van der Waals surface area contributed by atoms with Gasteiger partial charge in [0, 0.05) is 19.0 Å². The monoisotopic (exact) mass is 408 g/mol. The van der Waals surface area contributed by atoms with E-state index in [1.54, 1.807) is 13.1 Å². The van der Waals surface area contributed by atoms with Crippen LogP contribution in [-0.4, -0.2) is 23.8 Å². The van der Waals surface area contributed by atoms with Crippen molar-refractivity contribution < 1.29 is 9.53 Å². The Bertz CT molecular complexity index is 1260. The Labute approximate surface area is 180 Å². The predicted molar refractivity (Wildman–Crippen MR) is 117 cm³/mol. The molecule has 0 bridgehead atoms. The Morgan fingerprint density at radius 1 is 1.10 bits per heavy atom. The summed E-state index contributed by atoms with van der Waals surface area (Å²) in [6, 6.07) is 25.1. The van der Waals surface area contributed by atoms with Crippen molar-refractivity contribution in [3.8, 4) is 22.9 Å². The van der Waals surface area contributed by atoms with Gasteiger partial charge in [-0.1, -0.05) is 48.5 Å². The summed E-state index contributed by atoms with van der Waals surface area (Å²) in [6.45, 7) is 0. The van der Waals surface area contributed by atoms with Crippen molar-refractivity contribution >= 4 is 11.9 Å². The molecule has 2 N–H and O–H groups in total. The van der Waals surface area contributed by atoms with Gasteiger partial charge in [0.15, 0.2) is 11.5 Å². The van der Waals surface area contributed by atoms with Gasteiger partial charge >= 0.3 is 0 Å². The molecule has 152 valence electrons. The van der Waals surface area contributed by atoms with Crippen molar-refractivity contribution in [2.75, 3.05) is 7.05 Å². The lowest BCUT2D eigenvalue weighted by molar-refractivity contribution is -0.132. The molecule has 5 rings (SSSR count). The summed E-state index contributed by atoms with van der Waals surface area (Å²) in [5.74, 6) is 0.639. The summed E-state index contributed by atoms with van der Waals surface area (Å²) in [7, 11) is 1.64. The van der Waals surface area contributed by atoms with Gasteiger partial charge in [0.1, 0.15) is 11.9 Å². The van der Waals surface area contributed by atoms with Gasteiger partial charge in [0.25, 0.3) is 5.91 Å². The maximum Gasteiger partial charge on any atom is 0.261 e. The van der Waals surface area contributed by atoms with Gasteiger partial charge in [-0.2, -0.15) is 5.26 Å². The topological polar surface area (TPSA) is 91.7 Å². The van der Waals surface area contributed by atoms with Crippen molar-refractivity contribution in [1.29, 1.82) is 5.26 Å². The average Bonchev–Trinajstić information content (AvgIpc) is 3.03. The summed E-state index contributed by atoms with van der Waals surface area (Å²) in [5.41, 5.74) is 8.95. The lowest BCUT2D eigenvalue weighted by Gasteiger charge is -2.37. The molecule has 0 saturated heterocycles. The van der Waals surface area contributed by atoms with Gasteiger partial charge in [0.2, 0.25) is 0 Å². The SMILES string of the molecule is CN1C(=O)[C@@]2(C[C@@H](c3ccccc3)Oc3ccc(-c4cccc(C#N)c4)cc32)N=C1N. The van der Waals surface area contributed by atoms with Gasteiger partial charge in [-0.05, 0) is 41.0 Å². The van der Waals surface area contributed by atoms with E-state index in [9.17, 15) is 10.1 Å². The molecule has 2 aliphatic rings. The number of nitrogens with zero attached hydrogens (tertiary/aromatic N) is 3. The second-order valence-electron chi connectivity index (χ2n) is 7.82. The molecule has 3 aromatic carbocycles. The first-order valence-electron chi connectivity index (χ1n) is 10.0. The zero-order chi connectivity index (χ0) is 21.6. The highest BCUT2D eigenvalue weighted by Crippen LogP contribution is 2.50. The van der Waals surface area contributed by atoms with Gasteiger partial charge in [-0.25, -0.2) is 4.99 Å². The molecule has 2 aliphatic heterocycles. The minimum absolute atomic E-state index is 0.168. The molecule has 2 atom stereocenters. The van der Waals surface area contributed by atoms with E-state index in [-0.39, 0.29) is 18.0 Å². The first-order chi connectivity index (χ1) is 15.0. The van der Waals surface area contributed by atoms with Crippen LogP contribution in [0.1, 0.15) is 29.2 Å². The second-order valence-corrected chi connectivity index (χ2v) is 7.82. The summed E-state index contributed by atoms with van der Waals surface area (Å²) >= 11 is 0. The number of amides is 1. The van der Waals surface area contributed by atoms with Crippen LogP contribution in [0.3, 0.4) is 0 Å². The summed E-state index contributed by atoms with van der Waals surface area (Å²) in [4.78, 5) is 19.5. The summed E-state index contributed by atoms with van der Waals surface area (Å²) in [5, 5.41) is 9.25. The maximum atomic E-state index is 13.4. The predicted octanol–water partition coefficient (Wildman–Crippen LogP) is 3.73. The first kappa shape index (κ1) is 18.9. The van der Waals surface area contributed by atoms with Gasteiger partial charge < -0.3 is 10.5 Å². The first-order valence-corrected chi connectivity index (χ1v) is 10.0. The Balaban J connectivity index is 1.68. The van der Waals surface area contributed by atoms with Gasteiger partial charge in [-0.3, -0.25) is 9.69 Å². The van der Waals surface area contributed by atoms with Crippen molar-refractivity contribution in [2.45, 2.75) is 18.1 Å². The number of carbonyl (C=O) groups excluding carboxylic acids is 1. The average molecular weight is 408 g/mol. The number of carbonyl (C=O) groups is 1. The number of hydrogen-bond acceptors (Lipinski definition) is 5. The highest BCUT2D eigenvalue weighted by atomic mass is 16.5. The van der Waals surface area contributed by atoms with E-state index >= 15 is 0 Å². The number of nitrogens with two attached hydrogens (primary N) is 1. The molecule has 2 heterocycles. The van der Waals surface area contributed by atoms with Crippen LogP contribution >= 0.6 is 0 Å². The number of nitriles is 1. The number of guanidine groups is 1.